The minimum atomic E-state index is -1.89. The molecule has 0 aromatic heterocycles. The summed E-state index contributed by atoms with van der Waals surface area (Å²) in [5.41, 5.74) is 0. The third-order valence-corrected chi connectivity index (χ3v) is 9.38. The van der Waals surface area contributed by atoms with Crippen molar-refractivity contribution in [2.45, 2.75) is 97.0 Å². The number of carbonyl (C=O) groups is 1. The minimum Gasteiger partial charge on any atom is -0.412 e. The molecular formula is C17H36ClNO2Si. The van der Waals surface area contributed by atoms with Gasteiger partial charge in [0.1, 0.15) is 0 Å². The van der Waals surface area contributed by atoms with E-state index in [4.69, 9.17) is 16.0 Å². The number of halogens is 1. The van der Waals surface area contributed by atoms with Crippen LogP contribution in [0, 0.1) is 0 Å². The topological polar surface area (TPSA) is 38.3 Å². The van der Waals surface area contributed by atoms with Gasteiger partial charge in [0, 0.05) is 11.9 Å². The highest BCUT2D eigenvalue weighted by Gasteiger charge is 2.39. The quantitative estimate of drug-likeness (QED) is 0.339. The number of unbranched alkanes of at least 4 members (excludes halogenated alkanes) is 2. The van der Waals surface area contributed by atoms with E-state index in [0.29, 0.717) is 12.3 Å². The van der Waals surface area contributed by atoms with Crippen molar-refractivity contribution in [1.82, 2.24) is 5.32 Å². The van der Waals surface area contributed by atoms with Crippen molar-refractivity contribution < 1.29 is 9.22 Å². The third-order valence-electron chi connectivity index (χ3n) is 4.50. The Morgan fingerprint density at radius 2 is 1.86 bits per heavy atom. The number of amides is 1. The van der Waals surface area contributed by atoms with Gasteiger partial charge >= 0.3 is 0 Å². The fourth-order valence-corrected chi connectivity index (χ4v) is 3.67. The molecule has 0 spiro atoms. The zero-order chi connectivity index (χ0) is 17.4. The third kappa shape index (κ3) is 8.54. The van der Waals surface area contributed by atoms with E-state index < -0.39 is 8.32 Å². The molecule has 0 bridgehead atoms. The Hall–Kier alpha value is -0.0631. The SMILES string of the molecule is CCCCC[C@H](C)NC(=O)C[C@@H](CCl)O[Si](C)(C)C(C)(C)C. The summed E-state index contributed by atoms with van der Waals surface area (Å²) < 4.78 is 6.25. The first kappa shape index (κ1) is 21.9. The summed E-state index contributed by atoms with van der Waals surface area (Å²) in [5.74, 6) is 0.415. The second-order valence-corrected chi connectivity index (χ2v) is 12.9. The van der Waals surface area contributed by atoms with Crippen LogP contribution in [-0.2, 0) is 9.22 Å². The van der Waals surface area contributed by atoms with Gasteiger partial charge in [-0.25, -0.2) is 0 Å². The van der Waals surface area contributed by atoms with Crippen LogP contribution >= 0.6 is 11.6 Å². The molecule has 0 aliphatic rings. The second-order valence-electron chi connectivity index (χ2n) is 7.82. The van der Waals surface area contributed by atoms with Crippen molar-refractivity contribution in [3.63, 3.8) is 0 Å². The van der Waals surface area contributed by atoms with E-state index in [0.717, 1.165) is 12.8 Å². The fourth-order valence-electron chi connectivity index (χ4n) is 2.03. The average Bonchev–Trinajstić information content (AvgIpc) is 2.36. The standard InChI is InChI=1S/C17H36ClNO2Si/c1-8-9-10-11-14(2)19-16(20)12-15(13-18)21-22(6,7)17(3,4)5/h14-15H,8-13H2,1-7H3,(H,19,20)/t14-,15-/m0/s1. The molecule has 22 heavy (non-hydrogen) atoms. The predicted molar refractivity (Wildman–Crippen MR) is 99.2 cm³/mol. The highest BCUT2D eigenvalue weighted by atomic mass is 35.5. The lowest BCUT2D eigenvalue weighted by atomic mass is 10.1. The maximum Gasteiger partial charge on any atom is 0.222 e. The molecule has 0 fully saturated rings. The lowest BCUT2D eigenvalue weighted by Gasteiger charge is -2.38. The number of carbonyl (C=O) groups excluding carboxylic acids is 1. The molecule has 0 radical (unpaired) electrons. The van der Waals surface area contributed by atoms with Crippen LogP contribution in [0.4, 0.5) is 0 Å². The Morgan fingerprint density at radius 1 is 1.27 bits per heavy atom. The normalized spacial score (nSPS) is 15.5. The summed E-state index contributed by atoms with van der Waals surface area (Å²) in [6.07, 6.45) is 4.79. The van der Waals surface area contributed by atoms with E-state index in [1.54, 1.807) is 0 Å². The van der Waals surface area contributed by atoms with Crippen LogP contribution in [0.1, 0.15) is 66.7 Å². The van der Waals surface area contributed by atoms with Crippen LogP contribution in [0.25, 0.3) is 0 Å². The molecule has 0 aromatic rings. The molecule has 0 saturated carbocycles. The van der Waals surface area contributed by atoms with Crippen molar-refractivity contribution in [3.05, 3.63) is 0 Å². The molecule has 3 nitrogen and oxygen atoms in total. The van der Waals surface area contributed by atoms with Crippen LogP contribution in [0.5, 0.6) is 0 Å². The van der Waals surface area contributed by atoms with Gasteiger partial charge in [-0.3, -0.25) is 4.79 Å². The van der Waals surface area contributed by atoms with Gasteiger partial charge in [-0.1, -0.05) is 47.0 Å². The van der Waals surface area contributed by atoms with Crippen LogP contribution < -0.4 is 5.32 Å². The van der Waals surface area contributed by atoms with Gasteiger partial charge in [0.2, 0.25) is 5.91 Å². The molecule has 132 valence electrons. The van der Waals surface area contributed by atoms with Gasteiger partial charge in [-0.2, -0.15) is 0 Å². The van der Waals surface area contributed by atoms with Crippen LogP contribution in [0.3, 0.4) is 0 Å². The molecule has 5 heteroatoms. The molecule has 1 N–H and O–H groups in total. The average molecular weight is 350 g/mol. The lowest BCUT2D eigenvalue weighted by molar-refractivity contribution is -0.123. The zero-order valence-electron chi connectivity index (χ0n) is 15.6. The fraction of sp³-hybridized carbons (Fsp3) is 0.941. The zero-order valence-corrected chi connectivity index (χ0v) is 17.3. The Labute approximate surface area is 143 Å². The number of hydrogen-bond donors (Lipinski definition) is 1. The first-order valence-electron chi connectivity index (χ1n) is 8.56. The lowest BCUT2D eigenvalue weighted by Crippen LogP contribution is -2.46. The highest BCUT2D eigenvalue weighted by Crippen LogP contribution is 2.37. The number of rotatable bonds is 10. The van der Waals surface area contributed by atoms with Crippen LogP contribution in [-0.4, -0.2) is 32.3 Å². The van der Waals surface area contributed by atoms with Crippen molar-refractivity contribution >= 4 is 25.8 Å². The minimum absolute atomic E-state index is 0.0494. The molecule has 0 aliphatic carbocycles. The van der Waals surface area contributed by atoms with Gasteiger partial charge in [0.25, 0.3) is 0 Å². The molecule has 0 aromatic carbocycles. The van der Waals surface area contributed by atoms with Gasteiger partial charge in [-0.15, -0.1) is 11.6 Å². The summed E-state index contributed by atoms with van der Waals surface area (Å²) in [4.78, 5) is 12.2. The van der Waals surface area contributed by atoms with Crippen LogP contribution in [0.15, 0.2) is 0 Å². The highest BCUT2D eigenvalue weighted by molar-refractivity contribution is 6.74. The number of alkyl halides is 1. The molecule has 2 atom stereocenters. The summed E-state index contributed by atoms with van der Waals surface area (Å²) in [6, 6.07) is 0.225. The van der Waals surface area contributed by atoms with E-state index >= 15 is 0 Å². The Bertz CT molecular complexity index is 329. The first-order chi connectivity index (χ1) is 10.0. The maximum absolute atomic E-state index is 12.2. The monoisotopic (exact) mass is 349 g/mol. The van der Waals surface area contributed by atoms with Crippen molar-refractivity contribution in [1.29, 1.82) is 0 Å². The van der Waals surface area contributed by atoms with E-state index in [1.165, 1.54) is 12.8 Å². The van der Waals surface area contributed by atoms with Gasteiger partial charge in [-0.05, 0) is 31.5 Å². The smallest absolute Gasteiger partial charge is 0.222 e. The first-order valence-corrected chi connectivity index (χ1v) is 12.0. The van der Waals surface area contributed by atoms with Crippen molar-refractivity contribution in [3.8, 4) is 0 Å². The number of nitrogens with one attached hydrogen (secondary N) is 1. The molecule has 0 unspecified atom stereocenters. The van der Waals surface area contributed by atoms with Crippen LogP contribution in [0.2, 0.25) is 18.1 Å². The largest absolute Gasteiger partial charge is 0.412 e. The summed E-state index contributed by atoms with van der Waals surface area (Å²) >= 11 is 6.02. The Kier molecular flexibility index (Phi) is 9.91. The molecule has 0 heterocycles. The van der Waals surface area contributed by atoms with E-state index in [-0.39, 0.29) is 23.1 Å². The van der Waals surface area contributed by atoms with E-state index in [9.17, 15) is 4.79 Å². The number of hydrogen-bond acceptors (Lipinski definition) is 2. The molecule has 0 saturated heterocycles. The summed E-state index contributed by atoms with van der Waals surface area (Å²) in [6.45, 7) is 15.2. The molecule has 1 amide bonds. The van der Waals surface area contributed by atoms with Gasteiger partial charge in [0.05, 0.1) is 12.5 Å². The molecular weight excluding hydrogens is 314 g/mol. The molecule has 0 rings (SSSR count). The second kappa shape index (κ2) is 9.94. The maximum atomic E-state index is 12.2. The van der Waals surface area contributed by atoms with Crippen molar-refractivity contribution in [2.24, 2.45) is 0 Å². The van der Waals surface area contributed by atoms with E-state index in [1.807, 2.05) is 0 Å². The molecule has 0 aliphatic heterocycles. The summed E-state index contributed by atoms with van der Waals surface area (Å²) in [5, 5.41) is 3.19. The Balaban J connectivity index is 4.35. The predicted octanol–water partition coefficient (Wildman–Crippen LogP) is 5.09. The van der Waals surface area contributed by atoms with Gasteiger partial charge in [0.15, 0.2) is 8.32 Å². The Morgan fingerprint density at radius 3 is 2.32 bits per heavy atom. The summed E-state index contributed by atoms with van der Waals surface area (Å²) in [7, 11) is -1.89. The van der Waals surface area contributed by atoms with E-state index in [2.05, 4.69) is 53.0 Å². The van der Waals surface area contributed by atoms with Gasteiger partial charge < -0.3 is 9.74 Å². The van der Waals surface area contributed by atoms with Crippen molar-refractivity contribution in [2.75, 3.05) is 5.88 Å².